The van der Waals surface area contributed by atoms with Gasteiger partial charge in [0.1, 0.15) is 11.4 Å². The van der Waals surface area contributed by atoms with Gasteiger partial charge in [-0.1, -0.05) is 30.3 Å². The third-order valence-electron chi connectivity index (χ3n) is 5.81. The summed E-state index contributed by atoms with van der Waals surface area (Å²) in [6, 6.07) is 15.1. The van der Waals surface area contributed by atoms with E-state index in [9.17, 15) is 0 Å². The zero-order valence-corrected chi connectivity index (χ0v) is 21.4. The van der Waals surface area contributed by atoms with E-state index in [0.717, 1.165) is 49.4 Å². The summed E-state index contributed by atoms with van der Waals surface area (Å²) < 4.78 is 24.7. The van der Waals surface area contributed by atoms with E-state index in [-0.39, 0.29) is 17.5 Å². The molecule has 0 radical (unpaired) electrons. The molecular formula is C26H30FN7OS. The number of hydrogen-bond donors (Lipinski definition) is 3. The highest BCUT2D eigenvalue weighted by molar-refractivity contribution is 8.05. The van der Waals surface area contributed by atoms with Gasteiger partial charge in [-0.05, 0) is 43.6 Å². The molecule has 0 aliphatic carbocycles. The van der Waals surface area contributed by atoms with Gasteiger partial charge in [0.25, 0.3) is 5.88 Å². The Morgan fingerprint density at radius 1 is 1.11 bits per heavy atom. The van der Waals surface area contributed by atoms with Crippen molar-refractivity contribution in [3.8, 4) is 22.9 Å². The molecule has 0 bridgehead atoms. The van der Waals surface area contributed by atoms with Gasteiger partial charge in [0.2, 0.25) is 11.8 Å². The zero-order valence-electron chi connectivity index (χ0n) is 20.6. The first kappa shape index (κ1) is 25.5. The summed E-state index contributed by atoms with van der Waals surface area (Å²) in [5.74, 6) is -0.138. The number of piperazine rings is 1. The molecule has 2 aromatic carbocycles. The fourth-order valence-electron chi connectivity index (χ4n) is 3.82. The number of nitrogens with zero attached hydrogens (tertiary/aromatic N) is 4. The van der Waals surface area contributed by atoms with E-state index < -0.39 is 5.82 Å². The lowest BCUT2D eigenvalue weighted by molar-refractivity contribution is 0.312. The molecular weight excluding hydrogens is 477 g/mol. The Morgan fingerprint density at radius 2 is 1.89 bits per heavy atom. The third-order valence-corrected chi connectivity index (χ3v) is 6.57. The Hall–Kier alpha value is -3.63. The van der Waals surface area contributed by atoms with Gasteiger partial charge in [0, 0.05) is 63.0 Å². The van der Waals surface area contributed by atoms with Crippen LogP contribution in [0.4, 0.5) is 16.0 Å². The summed E-state index contributed by atoms with van der Waals surface area (Å²) in [4.78, 5) is 13.9. The van der Waals surface area contributed by atoms with Crippen molar-refractivity contribution in [3.05, 3.63) is 71.0 Å². The smallest absolute Gasteiger partial charge is 0.261 e. The lowest BCUT2D eigenvalue weighted by atomic mass is 10.1. The van der Waals surface area contributed by atoms with Crippen molar-refractivity contribution < 1.29 is 9.13 Å². The minimum Gasteiger partial charge on any atom is -0.436 e. The number of benzene rings is 2. The molecule has 0 amide bonds. The summed E-state index contributed by atoms with van der Waals surface area (Å²) in [7, 11) is 3.86. The van der Waals surface area contributed by atoms with E-state index in [4.69, 9.17) is 10.1 Å². The van der Waals surface area contributed by atoms with Crippen LogP contribution in [0.25, 0.3) is 11.3 Å². The standard InChI is InChI=1S/C26H30FN7OS/c1-18-7-4-5-10-22(18)24-23(27)25(31-26(30-24)32-36-21(16-28)17-29-2)35-20-9-6-8-19(15-20)34-13-11-33(3)12-14-34/h4-10,15-17,28-29H,11-14H2,1-3H3,(H,30,31,32)/b21-17+,28-16?. The number of likely N-dealkylation sites (N-methyl/N-ethyl adjacent to an activating group) is 1. The molecule has 188 valence electrons. The Bertz CT molecular complexity index is 1240. The molecule has 36 heavy (non-hydrogen) atoms. The molecule has 8 nitrogen and oxygen atoms in total. The molecule has 10 heteroatoms. The van der Waals surface area contributed by atoms with Crippen molar-refractivity contribution in [2.75, 3.05) is 49.9 Å². The minimum atomic E-state index is -0.636. The molecule has 3 aromatic rings. The summed E-state index contributed by atoms with van der Waals surface area (Å²) in [6.07, 6.45) is 2.86. The maximum Gasteiger partial charge on any atom is 0.261 e. The van der Waals surface area contributed by atoms with Crippen molar-refractivity contribution in [1.29, 1.82) is 5.41 Å². The predicted molar refractivity (Wildman–Crippen MR) is 146 cm³/mol. The number of aromatic nitrogens is 2. The number of nitrogens with one attached hydrogen (secondary N) is 3. The molecule has 1 aliphatic heterocycles. The number of rotatable bonds is 9. The topological polar surface area (TPSA) is 89.4 Å². The van der Waals surface area contributed by atoms with E-state index in [0.29, 0.717) is 16.2 Å². The van der Waals surface area contributed by atoms with Gasteiger partial charge in [-0.25, -0.2) is 4.98 Å². The van der Waals surface area contributed by atoms with Crippen LogP contribution < -0.4 is 19.7 Å². The monoisotopic (exact) mass is 507 g/mol. The van der Waals surface area contributed by atoms with E-state index in [1.807, 2.05) is 49.4 Å². The van der Waals surface area contributed by atoms with Gasteiger partial charge in [-0.3, -0.25) is 4.72 Å². The molecule has 0 saturated carbocycles. The zero-order chi connectivity index (χ0) is 25.5. The fourth-order valence-corrected chi connectivity index (χ4v) is 4.36. The van der Waals surface area contributed by atoms with Crippen LogP contribution in [0, 0.1) is 18.2 Å². The van der Waals surface area contributed by atoms with E-state index in [1.165, 1.54) is 6.21 Å². The molecule has 1 fully saturated rings. The normalized spacial score (nSPS) is 14.4. The molecule has 3 N–H and O–H groups in total. The van der Waals surface area contributed by atoms with Gasteiger partial charge in [-0.2, -0.15) is 9.37 Å². The van der Waals surface area contributed by atoms with Gasteiger partial charge in [0.05, 0.1) is 4.91 Å². The van der Waals surface area contributed by atoms with Gasteiger partial charge >= 0.3 is 0 Å². The highest BCUT2D eigenvalue weighted by Gasteiger charge is 2.20. The predicted octanol–water partition coefficient (Wildman–Crippen LogP) is 4.91. The summed E-state index contributed by atoms with van der Waals surface area (Å²) in [5, 5.41) is 10.4. The van der Waals surface area contributed by atoms with Crippen molar-refractivity contribution in [2.24, 2.45) is 0 Å². The van der Waals surface area contributed by atoms with Crippen LogP contribution in [0.15, 0.2) is 59.6 Å². The summed E-state index contributed by atoms with van der Waals surface area (Å²) >= 11 is 1.14. The average molecular weight is 508 g/mol. The van der Waals surface area contributed by atoms with Crippen molar-refractivity contribution >= 4 is 29.8 Å². The molecule has 1 aromatic heterocycles. The SMILES string of the molecule is CN/C=C(\C=N)SNc1nc(Oc2cccc(N3CCN(C)CC3)c2)c(F)c(-c2ccccc2C)n1. The Kier molecular flexibility index (Phi) is 8.40. The number of anilines is 2. The van der Waals surface area contributed by atoms with Crippen molar-refractivity contribution in [2.45, 2.75) is 6.92 Å². The van der Waals surface area contributed by atoms with Crippen LogP contribution in [0.2, 0.25) is 0 Å². The van der Waals surface area contributed by atoms with E-state index in [2.05, 4.69) is 36.9 Å². The van der Waals surface area contributed by atoms with E-state index in [1.54, 1.807) is 19.3 Å². The molecule has 1 saturated heterocycles. The minimum absolute atomic E-state index is 0.144. The molecule has 1 aliphatic rings. The quantitative estimate of drug-likeness (QED) is 0.278. The molecule has 2 heterocycles. The van der Waals surface area contributed by atoms with Crippen LogP contribution in [0.3, 0.4) is 0 Å². The lowest BCUT2D eigenvalue weighted by Gasteiger charge is -2.34. The summed E-state index contributed by atoms with van der Waals surface area (Å²) in [5.41, 5.74) is 2.70. The Balaban J connectivity index is 1.67. The van der Waals surface area contributed by atoms with Gasteiger partial charge < -0.3 is 25.3 Å². The Morgan fingerprint density at radius 3 is 2.61 bits per heavy atom. The maximum atomic E-state index is 15.7. The van der Waals surface area contributed by atoms with Crippen LogP contribution in [0.5, 0.6) is 11.6 Å². The van der Waals surface area contributed by atoms with Crippen molar-refractivity contribution in [1.82, 2.24) is 20.2 Å². The number of halogens is 1. The molecule has 0 unspecified atom stereocenters. The second kappa shape index (κ2) is 11.9. The lowest BCUT2D eigenvalue weighted by Crippen LogP contribution is -2.44. The first-order valence-electron chi connectivity index (χ1n) is 11.6. The Labute approximate surface area is 215 Å². The molecule has 0 spiro atoms. The molecule has 4 rings (SSSR count). The largest absolute Gasteiger partial charge is 0.436 e. The maximum absolute atomic E-state index is 15.7. The second-order valence-corrected chi connectivity index (χ2v) is 9.28. The first-order valence-corrected chi connectivity index (χ1v) is 12.5. The van der Waals surface area contributed by atoms with Crippen LogP contribution in [-0.2, 0) is 0 Å². The van der Waals surface area contributed by atoms with Crippen LogP contribution in [-0.4, -0.2) is 61.4 Å². The number of ether oxygens (including phenoxy) is 1. The van der Waals surface area contributed by atoms with Crippen molar-refractivity contribution in [3.63, 3.8) is 0 Å². The van der Waals surface area contributed by atoms with Gasteiger partial charge in [-0.15, -0.1) is 0 Å². The van der Waals surface area contributed by atoms with Crippen LogP contribution in [0.1, 0.15) is 5.56 Å². The highest BCUT2D eigenvalue weighted by atomic mass is 32.2. The second-order valence-electron chi connectivity index (χ2n) is 8.40. The highest BCUT2D eigenvalue weighted by Crippen LogP contribution is 2.34. The third kappa shape index (κ3) is 6.13. The average Bonchev–Trinajstić information content (AvgIpc) is 2.89. The number of aryl methyl sites for hydroxylation is 1. The fraction of sp³-hybridized carbons (Fsp3) is 0.269. The molecule has 0 atom stereocenters. The summed E-state index contributed by atoms with van der Waals surface area (Å²) in [6.45, 7) is 5.71. The van der Waals surface area contributed by atoms with Gasteiger partial charge in [0.15, 0.2) is 0 Å². The number of hydrogen-bond acceptors (Lipinski definition) is 9. The number of allylic oxidation sites excluding steroid dienone is 1. The van der Waals surface area contributed by atoms with E-state index >= 15 is 4.39 Å². The first-order chi connectivity index (χ1) is 17.5. The van der Waals surface area contributed by atoms with Crippen LogP contribution >= 0.6 is 11.9 Å².